The van der Waals surface area contributed by atoms with E-state index in [1.807, 2.05) is 0 Å². The number of nitrogens with two attached hydrogens (primary N) is 1. The molecule has 2 heterocycles. The van der Waals surface area contributed by atoms with Crippen molar-refractivity contribution in [2.75, 3.05) is 5.73 Å². The number of ketones is 1. The zero-order chi connectivity index (χ0) is 20.8. The van der Waals surface area contributed by atoms with Crippen molar-refractivity contribution in [3.05, 3.63) is 22.7 Å². The fourth-order valence-electron chi connectivity index (χ4n) is 3.64. The summed E-state index contributed by atoms with van der Waals surface area (Å²) in [6.45, 7) is 6.76. The molecular weight excluding hydrogens is 366 g/mol. The van der Waals surface area contributed by atoms with Gasteiger partial charge in [-0.05, 0) is 18.9 Å². The zero-order valence-corrected chi connectivity index (χ0v) is 16.5. The number of hydrogen-bond donors (Lipinski definition) is 2. The largest absolute Gasteiger partial charge is 0.458 e. The molecule has 3 N–H and O–H groups in total. The normalized spacial score (nSPS) is 26.6. The summed E-state index contributed by atoms with van der Waals surface area (Å²) in [5, 5.41) is 10.7. The number of anilines is 1. The molecule has 1 aromatic heterocycles. The van der Waals surface area contributed by atoms with Crippen molar-refractivity contribution in [1.29, 1.82) is 0 Å². The maximum atomic E-state index is 12.4. The lowest BCUT2D eigenvalue weighted by atomic mass is 9.90. The summed E-state index contributed by atoms with van der Waals surface area (Å²) >= 11 is 0. The van der Waals surface area contributed by atoms with Gasteiger partial charge in [0.1, 0.15) is 30.4 Å². The molecule has 0 aromatic carbocycles. The number of aromatic nitrogens is 2. The van der Waals surface area contributed by atoms with Gasteiger partial charge in [0, 0.05) is 12.1 Å². The summed E-state index contributed by atoms with van der Waals surface area (Å²) in [7, 11) is 0. The summed E-state index contributed by atoms with van der Waals surface area (Å²) in [5.41, 5.74) is 4.28. The van der Waals surface area contributed by atoms with Crippen LogP contribution in [0.4, 0.5) is 5.82 Å². The van der Waals surface area contributed by atoms with Gasteiger partial charge in [-0.3, -0.25) is 14.2 Å². The lowest BCUT2D eigenvalue weighted by molar-refractivity contribution is -0.165. The van der Waals surface area contributed by atoms with Crippen molar-refractivity contribution in [1.82, 2.24) is 9.55 Å². The number of nitrogens with zero attached hydrogens (tertiary/aromatic N) is 2. The van der Waals surface area contributed by atoms with E-state index in [4.69, 9.17) is 15.2 Å². The molecule has 1 saturated heterocycles. The van der Waals surface area contributed by atoms with E-state index in [1.165, 1.54) is 16.8 Å². The Labute approximate surface area is 162 Å². The standard InChI is InChI=1S/C19H27N3O6/c1-9(2)12(23)13(24)14-15(28-16(25)10(3)4)19(6-7-19)17(27-14)22-8-5-11(20)21-18(22)26/h5,8-10,13-15,17,24H,6-7H2,1-4H3,(H2,20,21,26)/t13?,14-,15+,17+/m0/s1. The van der Waals surface area contributed by atoms with Gasteiger partial charge in [-0.2, -0.15) is 4.98 Å². The van der Waals surface area contributed by atoms with E-state index in [2.05, 4.69) is 4.98 Å². The quantitative estimate of drug-likeness (QED) is 0.673. The number of aliphatic hydroxyl groups excluding tert-OH is 1. The van der Waals surface area contributed by atoms with Crippen LogP contribution >= 0.6 is 0 Å². The van der Waals surface area contributed by atoms with Gasteiger partial charge in [0.2, 0.25) is 0 Å². The monoisotopic (exact) mass is 393 g/mol. The average molecular weight is 393 g/mol. The first kappa shape index (κ1) is 20.5. The zero-order valence-electron chi connectivity index (χ0n) is 16.5. The Morgan fingerprint density at radius 2 is 1.96 bits per heavy atom. The van der Waals surface area contributed by atoms with Gasteiger partial charge in [0.15, 0.2) is 5.78 Å². The van der Waals surface area contributed by atoms with Crippen LogP contribution in [0.5, 0.6) is 0 Å². The predicted octanol–water partition coefficient (Wildman–Crippen LogP) is 0.657. The number of Topliss-reactive ketones (excluding diaryl/α,β-unsaturated/α-hetero) is 1. The summed E-state index contributed by atoms with van der Waals surface area (Å²) in [6, 6.07) is 1.47. The summed E-state index contributed by atoms with van der Waals surface area (Å²) in [5.74, 6) is -1.57. The predicted molar refractivity (Wildman–Crippen MR) is 99.1 cm³/mol. The Morgan fingerprint density at radius 1 is 1.32 bits per heavy atom. The second-order valence-corrected chi connectivity index (χ2v) is 8.24. The first-order valence-electron chi connectivity index (χ1n) is 9.51. The number of aliphatic hydroxyl groups is 1. The number of esters is 1. The van der Waals surface area contributed by atoms with Gasteiger partial charge in [0.05, 0.1) is 11.3 Å². The smallest absolute Gasteiger partial charge is 0.351 e. The van der Waals surface area contributed by atoms with Crippen molar-refractivity contribution in [2.45, 2.75) is 65.1 Å². The highest BCUT2D eigenvalue weighted by Gasteiger charge is 2.68. The van der Waals surface area contributed by atoms with E-state index in [0.29, 0.717) is 12.8 Å². The highest BCUT2D eigenvalue weighted by molar-refractivity contribution is 5.85. The number of ether oxygens (including phenoxy) is 2. The molecule has 0 radical (unpaired) electrons. The first-order chi connectivity index (χ1) is 13.1. The van der Waals surface area contributed by atoms with Crippen LogP contribution in [0.25, 0.3) is 0 Å². The number of carbonyl (C=O) groups is 2. The number of nitrogen functional groups attached to an aromatic ring is 1. The molecule has 4 atom stereocenters. The fourth-order valence-corrected chi connectivity index (χ4v) is 3.64. The molecule has 1 aliphatic carbocycles. The Kier molecular flexibility index (Phi) is 5.33. The molecule has 154 valence electrons. The van der Waals surface area contributed by atoms with E-state index in [9.17, 15) is 19.5 Å². The van der Waals surface area contributed by atoms with Gasteiger partial charge < -0.3 is 20.3 Å². The number of carbonyl (C=O) groups excluding carboxylic acids is 2. The second kappa shape index (κ2) is 7.29. The minimum atomic E-state index is -1.47. The Hall–Kier alpha value is -2.26. The third-order valence-electron chi connectivity index (χ3n) is 5.46. The molecule has 28 heavy (non-hydrogen) atoms. The molecule has 9 nitrogen and oxygen atoms in total. The molecule has 0 bridgehead atoms. The van der Waals surface area contributed by atoms with Crippen molar-refractivity contribution in [2.24, 2.45) is 17.3 Å². The highest BCUT2D eigenvalue weighted by atomic mass is 16.6. The van der Waals surface area contributed by atoms with Crippen LogP contribution in [0, 0.1) is 17.3 Å². The second-order valence-electron chi connectivity index (χ2n) is 8.24. The molecule has 1 aliphatic heterocycles. The van der Waals surface area contributed by atoms with E-state index in [1.54, 1.807) is 27.7 Å². The number of rotatable bonds is 6. The minimum Gasteiger partial charge on any atom is -0.458 e. The molecule has 3 rings (SSSR count). The molecule has 1 saturated carbocycles. The molecule has 1 unspecified atom stereocenters. The third-order valence-corrected chi connectivity index (χ3v) is 5.46. The van der Waals surface area contributed by atoms with Crippen LogP contribution < -0.4 is 11.4 Å². The lowest BCUT2D eigenvalue weighted by Gasteiger charge is -2.27. The minimum absolute atomic E-state index is 0.0819. The summed E-state index contributed by atoms with van der Waals surface area (Å²) in [6.07, 6.45) is -1.45. The van der Waals surface area contributed by atoms with E-state index in [0.717, 1.165) is 0 Å². The van der Waals surface area contributed by atoms with Crippen LogP contribution in [0.2, 0.25) is 0 Å². The van der Waals surface area contributed by atoms with E-state index in [-0.39, 0.29) is 11.7 Å². The van der Waals surface area contributed by atoms with Gasteiger partial charge in [-0.15, -0.1) is 0 Å². The van der Waals surface area contributed by atoms with Crippen LogP contribution in [-0.2, 0) is 19.1 Å². The molecule has 2 aliphatic rings. The molecule has 9 heteroatoms. The molecular formula is C19H27N3O6. The first-order valence-corrected chi connectivity index (χ1v) is 9.51. The summed E-state index contributed by atoms with van der Waals surface area (Å²) < 4.78 is 13.0. The van der Waals surface area contributed by atoms with Crippen molar-refractivity contribution in [3.8, 4) is 0 Å². The maximum absolute atomic E-state index is 12.4. The average Bonchev–Trinajstić information content (AvgIpc) is 3.35. The van der Waals surface area contributed by atoms with Gasteiger partial charge in [-0.25, -0.2) is 4.79 Å². The number of hydrogen-bond acceptors (Lipinski definition) is 8. The lowest BCUT2D eigenvalue weighted by Crippen LogP contribution is -2.46. The highest BCUT2D eigenvalue weighted by Crippen LogP contribution is 2.63. The SMILES string of the molecule is CC(C)C(=O)O[C@@H]1[C@H](C(O)C(=O)C(C)C)O[C@@H](n2ccc(N)nc2=O)C12CC2. The summed E-state index contributed by atoms with van der Waals surface area (Å²) in [4.78, 5) is 40.8. The molecule has 2 fully saturated rings. The fraction of sp³-hybridized carbons (Fsp3) is 0.684. The van der Waals surface area contributed by atoms with Crippen LogP contribution in [0.3, 0.4) is 0 Å². The maximum Gasteiger partial charge on any atom is 0.351 e. The molecule has 1 spiro atoms. The molecule has 1 aromatic rings. The van der Waals surface area contributed by atoms with Crippen LogP contribution in [0.1, 0.15) is 46.8 Å². The molecule has 0 amide bonds. The van der Waals surface area contributed by atoms with Crippen molar-refractivity contribution < 1.29 is 24.2 Å². The topological polar surface area (TPSA) is 134 Å². The third kappa shape index (κ3) is 3.44. The van der Waals surface area contributed by atoms with Crippen LogP contribution in [-0.4, -0.2) is 44.7 Å². The van der Waals surface area contributed by atoms with E-state index >= 15 is 0 Å². The van der Waals surface area contributed by atoms with Gasteiger partial charge in [-0.1, -0.05) is 27.7 Å². The van der Waals surface area contributed by atoms with Gasteiger partial charge in [0.25, 0.3) is 0 Å². The Morgan fingerprint density at radius 3 is 2.46 bits per heavy atom. The van der Waals surface area contributed by atoms with Crippen LogP contribution in [0.15, 0.2) is 17.1 Å². The van der Waals surface area contributed by atoms with E-state index < -0.39 is 53.3 Å². The Bertz CT molecular complexity index is 829. The Balaban J connectivity index is 2.00. The van der Waals surface area contributed by atoms with Gasteiger partial charge >= 0.3 is 11.7 Å². The van der Waals surface area contributed by atoms with Crippen molar-refractivity contribution in [3.63, 3.8) is 0 Å². The van der Waals surface area contributed by atoms with Crippen molar-refractivity contribution >= 4 is 17.6 Å².